The number of hydrogen-bond donors (Lipinski definition) is 1. The molecule has 0 spiro atoms. The first kappa shape index (κ1) is 14.8. The van der Waals surface area contributed by atoms with E-state index in [1.54, 1.807) is 30.3 Å². The first-order valence-electron chi connectivity index (χ1n) is 7.02. The molecule has 3 rings (SSSR count). The Labute approximate surface area is 129 Å². The molecule has 2 aromatic rings. The normalized spacial score (nSPS) is 17.0. The van der Waals surface area contributed by atoms with E-state index in [9.17, 15) is 8.42 Å². The van der Waals surface area contributed by atoms with Crippen LogP contribution in [0.25, 0.3) is 10.9 Å². The fourth-order valence-corrected chi connectivity index (χ4v) is 3.73. The van der Waals surface area contributed by atoms with Crippen LogP contribution in [0.5, 0.6) is 0 Å². The fourth-order valence-electron chi connectivity index (χ4n) is 2.40. The quantitative estimate of drug-likeness (QED) is 0.859. The van der Waals surface area contributed by atoms with Gasteiger partial charge in [-0.25, -0.2) is 18.1 Å². The van der Waals surface area contributed by atoms with Crippen molar-refractivity contribution in [3.8, 4) is 0 Å². The number of nitrogens with one attached hydrogen (secondary N) is 1. The zero-order chi connectivity index (χ0) is 15.0. The Morgan fingerprint density at radius 2 is 2.10 bits per heavy atom. The predicted octanol–water partition coefficient (Wildman–Crippen LogP) is 3.21. The Morgan fingerprint density at radius 3 is 2.81 bits per heavy atom. The molecule has 1 heterocycles. The van der Waals surface area contributed by atoms with Gasteiger partial charge in [0, 0.05) is 11.9 Å². The molecule has 1 unspecified atom stereocenters. The standard InChI is InChI=1S/C15H17ClN2O2S/c1-10(11-2-3-11)9-17-21(19,20)13-5-6-14-12(8-13)4-7-15(16)18-14/h4-8,10-11,17H,2-3,9H2,1H3. The number of pyridine rings is 1. The highest BCUT2D eigenvalue weighted by atomic mass is 35.5. The zero-order valence-electron chi connectivity index (χ0n) is 11.7. The van der Waals surface area contributed by atoms with Crippen molar-refractivity contribution in [2.75, 3.05) is 6.54 Å². The SMILES string of the molecule is CC(CNS(=O)(=O)c1ccc2nc(Cl)ccc2c1)C1CC1. The molecule has 21 heavy (non-hydrogen) atoms. The molecule has 0 bridgehead atoms. The number of hydrogen-bond acceptors (Lipinski definition) is 3. The van der Waals surface area contributed by atoms with Crippen molar-refractivity contribution in [1.29, 1.82) is 0 Å². The molecule has 112 valence electrons. The van der Waals surface area contributed by atoms with Gasteiger partial charge in [0.25, 0.3) is 0 Å². The molecule has 1 aliphatic carbocycles. The van der Waals surface area contributed by atoms with E-state index in [1.807, 2.05) is 0 Å². The molecule has 1 aromatic heterocycles. The summed E-state index contributed by atoms with van der Waals surface area (Å²) < 4.78 is 27.4. The van der Waals surface area contributed by atoms with Crippen LogP contribution in [-0.2, 0) is 10.0 Å². The van der Waals surface area contributed by atoms with Crippen molar-refractivity contribution in [2.24, 2.45) is 11.8 Å². The molecule has 1 fully saturated rings. The van der Waals surface area contributed by atoms with Gasteiger partial charge in [0.15, 0.2) is 0 Å². The molecule has 1 aromatic carbocycles. The van der Waals surface area contributed by atoms with Crippen LogP contribution < -0.4 is 4.72 Å². The molecular weight excluding hydrogens is 308 g/mol. The molecule has 1 aliphatic rings. The number of benzene rings is 1. The van der Waals surface area contributed by atoms with Crippen LogP contribution in [0.3, 0.4) is 0 Å². The Bertz CT molecular complexity index is 772. The van der Waals surface area contributed by atoms with Crippen LogP contribution in [0.4, 0.5) is 0 Å². The van der Waals surface area contributed by atoms with Crippen molar-refractivity contribution in [3.63, 3.8) is 0 Å². The van der Waals surface area contributed by atoms with E-state index in [1.165, 1.54) is 12.8 Å². The van der Waals surface area contributed by atoms with Crippen LogP contribution >= 0.6 is 11.6 Å². The predicted molar refractivity (Wildman–Crippen MR) is 83.8 cm³/mol. The lowest BCUT2D eigenvalue weighted by atomic mass is 10.1. The molecule has 0 radical (unpaired) electrons. The second-order valence-corrected chi connectivity index (χ2v) is 7.81. The minimum Gasteiger partial charge on any atom is -0.236 e. The summed E-state index contributed by atoms with van der Waals surface area (Å²) in [6.07, 6.45) is 2.43. The van der Waals surface area contributed by atoms with E-state index in [4.69, 9.17) is 11.6 Å². The molecule has 0 amide bonds. The maximum atomic E-state index is 12.3. The maximum Gasteiger partial charge on any atom is 0.240 e. The van der Waals surface area contributed by atoms with Crippen molar-refractivity contribution in [3.05, 3.63) is 35.5 Å². The molecule has 0 saturated heterocycles. The molecule has 0 aliphatic heterocycles. The summed E-state index contributed by atoms with van der Waals surface area (Å²) in [5.41, 5.74) is 0.688. The van der Waals surface area contributed by atoms with Gasteiger partial charge in [0.1, 0.15) is 5.15 Å². The van der Waals surface area contributed by atoms with Gasteiger partial charge < -0.3 is 0 Å². The van der Waals surface area contributed by atoms with Crippen LogP contribution in [0.15, 0.2) is 35.2 Å². The smallest absolute Gasteiger partial charge is 0.236 e. The van der Waals surface area contributed by atoms with E-state index >= 15 is 0 Å². The number of nitrogens with zero attached hydrogens (tertiary/aromatic N) is 1. The van der Waals surface area contributed by atoms with Gasteiger partial charge in [-0.15, -0.1) is 0 Å². The number of halogens is 1. The molecule has 6 heteroatoms. The van der Waals surface area contributed by atoms with Crippen molar-refractivity contribution in [1.82, 2.24) is 9.71 Å². The van der Waals surface area contributed by atoms with Crippen LogP contribution in [0.2, 0.25) is 5.15 Å². The molecule has 1 saturated carbocycles. The van der Waals surface area contributed by atoms with E-state index < -0.39 is 10.0 Å². The van der Waals surface area contributed by atoms with Crippen LogP contribution in [0.1, 0.15) is 19.8 Å². The molecule has 1 N–H and O–H groups in total. The third kappa shape index (κ3) is 3.36. The third-order valence-corrected chi connectivity index (χ3v) is 5.59. The first-order chi connectivity index (χ1) is 9.95. The lowest BCUT2D eigenvalue weighted by Gasteiger charge is -2.12. The van der Waals surface area contributed by atoms with E-state index in [-0.39, 0.29) is 4.90 Å². The van der Waals surface area contributed by atoms with Gasteiger partial charge in [-0.05, 0) is 55.0 Å². The number of rotatable bonds is 5. The third-order valence-electron chi connectivity index (χ3n) is 3.96. The maximum absolute atomic E-state index is 12.3. The van der Waals surface area contributed by atoms with Gasteiger partial charge in [0.05, 0.1) is 10.4 Å². The van der Waals surface area contributed by atoms with Gasteiger partial charge >= 0.3 is 0 Å². The Morgan fingerprint density at radius 1 is 1.33 bits per heavy atom. The Hall–Kier alpha value is -1.17. The van der Waals surface area contributed by atoms with Gasteiger partial charge in [-0.1, -0.05) is 18.5 Å². The largest absolute Gasteiger partial charge is 0.240 e. The van der Waals surface area contributed by atoms with E-state index in [0.29, 0.717) is 29.1 Å². The topological polar surface area (TPSA) is 59.1 Å². The van der Waals surface area contributed by atoms with Crippen molar-refractivity contribution >= 4 is 32.5 Å². The van der Waals surface area contributed by atoms with E-state index in [0.717, 1.165) is 5.39 Å². The highest BCUT2D eigenvalue weighted by Gasteiger charge is 2.28. The van der Waals surface area contributed by atoms with Gasteiger partial charge in [-0.3, -0.25) is 0 Å². The first-order valence-corrected chi connectivity index (χ1v) is 8.88. The average molecular weight is 325 g/mol. The lowest BCUT2D eigenvalue weighted by Crippen LogP contribution is -2.29. The van der Waals surface area contributed by atoms with Gasteiger partial charge in [0.2, 0.25) is 10.0 Å². The fraction of sp³-hybridized carbons (Fsp3) is 0.400. The Kier molecular flexibility index (Phi) is 3.90. The minimum absolute atomic E-state index is 0.266. The van der Waals surface area contributed by atoms with Crippen LogP contribution in [-0.4, -0.2) is 19.9 Å². The summed E-state index contributed by atoms with van der Waals surface area (Å²) in [6.45, 7) is 2.58. The minimum atomic E-state index is -3.47. The zero-order valence-corrected chi connectivity index (χ0v) is 13.3. The lowest BCUT2D eigenvalue weighted by molar-refractivity contribution is 0.492. The molecular formula is C15H17ClN2O2S. The summed E-state index contributed by atoms with van der Waals surface area (Å²) in [7, 11) is -3.47. The molecule has 4 nitrogen and oxygen atoms in total. The number of fused-ring (bicyclic) bond motifs is 1. The summed E-state index contributed by atoms with van der Waals surface area (Å²) in [5, 5.41) is 1.16. The van der Waals surface area contributed by atoms with Crippen molar-refractivity contribution in [2.45, 2.75) is 24.7 Å². The summed E-state index contributed by atoms with van der Waals surface area (Å²) >= 11 is 5.83. The second-order valence-electron chi connectivity index (χ2n) is 5.66. The summed E-state index contributed by atoms with van der Waals surface area (Å²) in [5.74, 6) is 1.07. The van der Waals surface area contributed by atoms with Crippen molar-refractivity contribution < 1.29 is 8.42 Å². The number of sulfonamides is 1. The van der Waals surface area contributed by atoms with Crippen LogP contribution in [0, 0.1) is 11.8 Å². The average Bonchev–Trinajstić information content (AvgIpc) is 3.29. The summed E-state index contributed by atoms with van der Waals surface area (Å²) in [4.78, 5) is 4.42. The molecule has 1 atom stereocenters. The van der Waals surface area contributed by atoms with E-state index in [2.05, 4.69) is 16.6 Å². The highest BCUT2D eigenvalue weighted by Crippen LogP contribution is 2.36. The Balaban J connectivity index is 1.82. The second kappa shape index (κ2) is 5.55. The highest BCUT2D eigenvalue weighted by molar-refractivity contribution is 7.89. The summed E-state index contributed by atoms with van der Waals surface area (Å²) in [6, 6.07) is 8.30. The van der Waals surface area contributed by atoms with Gasteiger partial charge in [-0.2, -0.15) is 0 Å². The number of aromatic nitrogens is 1. The monoisotopic (exact) mass is 324 g/mol.